The highest BCUT2D eigenvalue weighted by Gasteiger charge is 2.19. The van der Waals surface area contributed by atoms with Crippen molar-refractivity contribution in [3.8, 4) is 0 Å². The zero-order chi connectivity index (χ0) is 18.1. The van der Waals surface area contributed by atoms with Gasteiger partial charge >= 0.3 is 0 Å². The smallest absolute Gasteiger partial charge is 0.128 e. The van der Waals surface area contributed by atoms with E-state index in [1.165, 1.54) is 29.3 Å². The van der Waals surface area contributed by atoms with Crippen molar-refractivity contribution < 1.29 is 4.39 Å². The Kier molecular flexibility index (Phi) is 4.68. The Hall–Kier alpha value is -2.33. The van der Waals surface area contributed by atoms with Gasteiger partial charge < -0.3 is 15.2 Å². The molecule has 0 saturated carbocycles. The molecule has 4 rings (SSSR count). The van der Waals surface area contributed by atoms with E-state index in [9.17, 15) is 4.39 Å². The molecule has 0 aliphatic carbocycles. The van der Waals surface area contributed by atoms with Gasteiger partial charge in [-0.25, -0.2) is 4.39 Å². The molecule has 3 aromatic rings. The Labute approximate surface area is 154 Å². The maximum absolute atomic E-state index is 14.0. The predicted octanol–water partition coefficient (Wildman–Crippen LogP) is 5.09. The van der Waals surface area contributed by atoms with Crippen molar-refractivity contribution in [2.75, 3.05) is 18.4 Å². The third kappa shape index (κ3) is 3.21. The summed E-state index contributed by atoms with van der Waals surface area (Å²) in [7, 11) is 2.10. The first-order valence-corrected chi connectivity index (χ1v) is 9.51. The quantitative estimate of drug-likeness (QED) is 0.685. The van der Waals surface area contributed by atoms with Crippen LogP contribution in [-0.4, -0.2) is 17.7 Å². The average Bonchev–Trinajstić information content (AvgIpc) is 2.99. The third-order valence-electron chi connectivity index (χ3n) is 5.52. The first-order chi connectivity index (χ1) is 12.7. The number of piperidine rings is 1. The minimum absolute atomic E-state index is 0.148. The first kappa shape index (κ1) is 17.1. The van der Waals surface area contributed by atoms with Crippen LogP contribution in [0.3, 0.4) is 0 Å². The molecule has 2 heterocycles. The lowest BCUT2D eigenvalue weighted by molar-refractivity contribution is 0.462. The molecule has 0 atom stereocenters. The third-order valence-corrected chi connectivity index (χ3v) is 5.52. The predicted molar refractivity (Wildman–Crippen MR) is 107 cm³/mol. The molecule has 0 bridgehead atoms. The monoisotopic (exact) mass is 351 g/mol. The molecular weight excluding hydrogens is 325 g/mol. The Bertz CT molecular complexity index is 923. The number of halogens is 1. The fourth-order valence-corrected chi connectivity index (χ4v) is 4.03. The van der Waals surface area contributed by atoms with Crippen LogP contribution < -0.4 is 10.6 Å². The number of hydrogen-bond donors (Lipinski definition) is 2. The van der Waals surface area contributed by atoms with Crippen molar-refractivity contribution in [1.29, 1.82) is 0 Å². The summed E-state index contributed by atoms with van der Waals surface area (Å²) >= 11 is 0. The summed E-state index contributed by atoms with van der Waals surface area (Å²) in [5.74, 6) is 0.486. The number of hydrogen-bond acceptors (Lipinski definition) is 2. The van der Waals surface area contributed by atoms with Crippen LogP contribution in [0.15, 0.2) is 42.6 Å². The van der Waals surface area contributed by atoms with Crippen molar-refractivity contribution in [2.24, 2.45) is 7.05 Å². The van der Waals surface area contributed by atoms with Crippen LogP contribution in [0.25, 0.3) is 10.9 Å². The van der Waals surface area contributed by atoms with E-state index in [0.717, 1.165) is 30.0 Å². The number of fused-ring (bicyclic) bond motifs is 1. The van der Waals surface area contributed by atoms with E-state index in [2.05, 4.69) is 46.6 Å². The number of nitrogens with one attached hydrogen (secondary N) is 2. The summed E-state index contributed by atoms with van der Waals surface area (Å²) in [6.07, 6.45) is 5.38. The molecule has 1 aliphatic rings. The van der Waals surface area contributed by atoms with Gasteiger partial charge in [-0.05, 0) is 73.7 Å². The second-order valence-corrected chi connectivity index (χ2v) is 7.24. The minimum Gasteiger partial charge on any atom is -0.355 e. The fourth-order valence-electron chi connectivity index (χ4n) is 4.03. The highest BCUT2D eigenvalue weighted by atomic mass is 19.1. The lowest BCUT2D eigenvalue weighted by Crippen LogP contribution is -2.26. The summed E-state index contributed by atoms with van der Waals surface area (Å²) in [4.78, 5) is 0. The molecule has 1 saturated heterocycles. The number of aromatic nitrogens is 1. The largest absolute Gasteiger partial charge is 0.355 e. The molecule has 4 heteroatoms. The molecule has 2 aromatic carbocycles. The Balaban J connectivity index is 1.63. The van der Waals surface area contributed by atoms with E-state index >= 15 is 0 Å². The maximum atomic E-state index is 14.0. The summed E-state index contributed by atoms with van der Waals surface area (Å²) in [6.45, 7) is 4.16. The van der Waals surface area contributed by atoms with Crippen LogP contribution in [0.2, 0.25) is 0 Å². The summed E-state index contributed by atoms with van der Waals surface area (Å²) in [5, 5.41) is 8.11. The zero-order valence-corrected chi connectivity index (χ0v) is 15.5. The summed E-state index contributed by atoms with van der Waals surface area (Å²) in [5.41, 5.74) is 5.19. The van der Waals surface area contributed by atoms with Crippen molar-refractivity contribution in [3.05, 3.63) is 59.5 Å². The molecule has 0 spiro atoms. The van der Waals surface area contributed by atoms with Gasteiger partial charge in [0.05, 0.1) is 5.52 Å². The second-order valence-electron chi connectivity index (χ2n) is 7.24. The maximum Gasteiger partial charge on any atom is 0.128 e. The fraction of sp³-hybridized carbons (Fsp3) is 0.364. The lowest BCUT2D eigenvalue weighted by atomic mass is 9.90. The van der Waals surface area contributed by atoms with E-state index in [1.54, 1.807) is 6.07 Å². The number of nitrogens with zero attached hydrogens (tertiary/aromatic N) is 1. The van der Waals surface area contributed by atoms with E-state index in [1.807, 2.05) is 19.1 Å². The van der Waals surface area contributed by atoms with E-state index < -0.39 is 0 Å². The van der Waals surface area contributed by atoms with Crippen molar-refractivity contribution in [2.45, 2.75) is 32.1 Å². The first-order valence-electron chi connectivity index (χ1n) is 9.51. The molecule has 3 nitrogen and oxygen atoms in total. The number of aryl methyl sites for hydroxylation is 2. The molecule has 26 heavy (non-hydrogen) atoms. The van der Waals surface area contributed by atoms with Gasteiger partial charge in [0.1, 0.15) is 5.82 Å². The Morgan fingerprint density at radius 3 is 2.58 bits per heavy atom. The highest BCUT2D eigenvalue weighted by Crippen LogP contribution is 2.34. The van der Waals surface area contributed by atoms with E-state index in [0.29, 0.717) is 12.3 Å². The van der Waals surface area contributed by atoms with Crippen molar-refractivity contribution in [1.82, 2.24) is 9.88 Å². The lowest BCUT2D eigenvalue weighted by Gasteiger charge is -2.22. The molecular formula is C22H26FN3. The van der Waals surface area contributed by atoms with Gasteiger partial charge in [0.25, 0.3) is 0 Å². The number of anilines is 2. The van der Waals surface area contributed by atoms with Gasteiger partial charge in [-0.15, -0.1) is 0 Å². The molecule has 136 valence electrons. The average molecular weight is 351 g/mol. The topological polar surface area (TPSA) is 29.0 Å². The van der Waals surface area contributed by atoms with E-state index in [4.69, 9.17) is 0 Å². The van der Waals surface area contributed by atoms with Crippen molar-refractivity contribution >= 4 is 22.3 Å². The van der Waals surface area contributed by atoms with E-state index in [-0.39, 0.29) is 5.82 Å². The zero-order valence-electron chi connectivity index (χ0n) is 15.5. The van der Waals surface area contributed by atoms with Gasteiger partial charge in [0, 0.05) is 30.0 Å². The van der Waals surface area contributed by atoms with Crippen LogP contribution in [0.1, 0.15) is 36.8 Å². The van der Waals surface area contributed by atoms with Crippen LogP contribution in [0, 0.1) is 5.82 Å². The number of rotatable bonds is 4. The Morgan fingerprint density at radius 2 is 1.85 bits per heavy atom. The van der Waals surface area contributed by atoms with Gasteiger partial charge in [0.15, 0.2) is 0 Å². The van der Waals surface area contributed by atoms with Gasteiger partial charge in [-0.3, -0.25) is 0 Å². The molecule has 2 N–H and O–H groups in total. The van der Waals surface area contributed by atoms with Crippen LogP contribution in [-0.2, 0) is 13.5 Å². The molecule has 0 amide bonds. The molecule has 1 fully saturated rings. The molecule has 1 aromatic heterocycles. The number of benzene rings is 2. The van der Waals surface area contributed by atoms with Crippen molar-refractivity contribution in [3.63, 3.8) is 0 Å². The van der Waals surface area contributed by atoms with Gasteiger partial charge in [-0.1, -0.05) is 19.1 Å². The van der Waals surface area contributed by atoms with Crippen LogP contribution in [0.4, 0.5) is 15.8 Å². The van der Waals surface area contributed by atoms with Crippen LogP contribution >= 0.6 is 0 Å². The molecule has 0 radical (unpaired) electrons. The Morgan fingerprint density at radius 1 is 1.12 bits per heavy atom. The normalized spacial score (nSPS) is 15.5. The second kappa shape index (κ2) is 7.12. The van der Waals surface area contributed by atoms with Gasteiger partial charge in [-0.2, -0.15) is 0 Å². The van der Waals surface area contributed by atoms with Crippen LogP contribution in [0.5, 0.6) is 0 Å². The summed E-state index contributed by atoms with van der Waals surface area (Å²) in [6, 6.07) is 11.8. The standard InChI is InChI=1S/C22H26FN3/c1-3-15-4-5-17(12-21(15)23)25-18-6-7-19-20(14-26(2)22(19)13-18)16-8-10-24-11-9-16/h4-7,12-14,16,24-25H,3,8-11H2,1-2H3. The highest BCUT2D eigenvalue weighted by molar-refractivity contribution is 5.88. The minimum atomic E-state index is -0.148. The molecule has 0 unspecified atom stereocenters. The SMILES string of the molecule is CCc1ccc(Nc2ccc3c(C4CCNCC4)cn(C)c3c2)cc1F. The van der Waals surface area contributed by atoms with Gasteiger partial charge in [0.2, 0.25) is 0 Å². The summed E-state index contributed by atoms with van der Waals surface area (Å²) < 4.78 is 16.2. The molecule has 1 aliphatic heterocycles.